The van der Waals surface area contributed by atoms with Crippen molar-refractivity contribution in [3.8, 4) is 0 Å². The molecule has 1 aromatic heterocycles. The first-order chi connectivity index (χ1) is 15.4. The van der Waals surface area contributed by atoms with Gasteiger partial charge in [0, 0.05) is 18.8 Å². The third kappa shape index (κ3) is 5.98. The van der Waals surface area contributed by atoms with Gasteiger partial charge in [0.25, 0.3) is 5.91 Å². The summed E-state index contributed by atoms with van der Waals surface area (Å²) in [7, 11) is 0. The van der Waals surface area contributed by atoms with E-state index in [1.807, 2.05) is 74.2 Å². The van der Waals surface area contributed by atoms with Crippen LogP contribution in [-0.2, 0) is 17.8 Å². The normalized spacial score (nSPS) is 10.7. The molecule has 0 unspecified atom stereocenters. The fourth-order valence-electron chi connectivity index (χ4n) is 3.53. The van der Waals surface area contributed by atoms with Crippen molar-refractivity contribution in [1.29, 1.82) is 0 Å². The Bertz CT molecular complexity index is 1090. The maximum atomic E-state index is 13.2. The van der Waals surface area contributed by atoms with Gasteiger partial charge in [-0.15, -0.1) is 0 Å². The van der Waals surface area contributed by atoms with Crippen molar-refractivity contribution >= 4 is 23.6 Å². The second-order valence-corrected chi connectivity index (χ2v) is 8.78. The molecule has 0 spiro atoms. The number of aromatic nitrogens is 1. The number of carbonyl (C=O) groups excluding carboxylic acids is 2. The van der Waals surface area contributed by atoms with Crippen LogP contribution < -0.4 is 5.73 Å². The average Bonchev–Trinajstić information content (AvgIpc) is 2.79. The standard InChI is InChI=1S/C26H29N3O2S/c1-18-19(2)24(25(27)31)26(28-20(18)3)32-17-23(30)29(16-22-12-8-5-9-13-22)15-14-21-10-6-4-7-11-21/h4-13H,14-17H2,1-3H3,(H2,27,31). The van der Waals surface area contributed by atoms with Gasteiger partial charge in [-0.05, 0) is 49.4 Å². The second kappa shape index (κ2) is 11.0. The van der Waals surface area contributed by atoms with Crippen molar-refractivity contribution in [2.45, 2.75) is 38.8 Å². The number of nitrogens with two attached hydrogens (primary N) is 1. The highest BCUT2D eigenvalue weighted by molar-refractivity contribution is 8.00. The number of hydrogen-bond donors (Lipinski definition) is 1. The molecule has 0 bridgehead atoms. The van der Waals surface area contributed by atoms with E-state index < -0.39 is 5.91 Å². The molecule has 0 aliphatic heterocycles. The van der Waals surface area contributed by atoms with Crippen LogP contribution >= 0.6 is 11.8 Å². The summed E-state index contributed by atoms with van der Waals surface area (Å²) in [5.74, 6) is -0.322. The molecule has 2 N–H and O–H groups in total. The minimum absolute atomic E-state index is 0.00267. The smallest absolute Gasteiger partial charge is 0.251 e. The number of thioether (sulfide) groups is 1. The maximum absolute atomic E-state index is 13.2. The molecule has 3 aromatic rings. The van der Waals surface area contributed by atoms with Crippen LogP contribution in [0.25, 0.3) is 0 Å². The zero-order valence-corrected chi connectivity index (χ0v) is 19.6. The highest BCUT2D eigenvalue weighted by Crippen LogP contribution is 2.27. The molecule has 2 aromatic carbocycles. The van der Waals surface area contributed by atoms with E-state index in [4.69, 9.17) is 5.73 Å². The van der Waals surface area contributed by atoms with Crippen LogP contribution in [0.5, 0.6) is 0 Å². The largest absolute Gasteiger partial charge is 0.366 e. The lowest BCUT2D eigenvalue weighted by Crippen LogP contribution is -2.34. The van der Waals surface area contributed by atoms with Crippen LogP contribution in [0, 0.1) is 20.8 Å². The van der Waals surface area contributed by atoms with Crippen LogP contribution in [0.4, 0.5) is 0 Å². The van der Waals surface area contributed by atoms with E-state index in [1.165, 1.54) is 17.3 Å². The molecule has 2 amide bonds. The third-order valence-corrected chi connectivity index (χ3v) is 6.58. The minimum Gasteiger partial charge on any atom is -0.366 e. The quantitative estimate of drug-likeness (QED) is 0.491. The van der Waals surface area contributed by atoms with E-state index in [-0.39, 0.29) is 11.7 Å². The molecule has 32 heavy (non-hydrogen) atoms. The fourth-order valence-corrected chi connectivity index (χ4v) is 4.57. The number of carbonyl (C=O) groups is 2. The van der Waals surface area contributed by atoms with Gasteiger partial charge in [-0.3, -0.25) is 9.59 Å². The fraction of sp³-hybridized carbons (Fsp3) is 0.269. The van der Waals surface area contributed by atoms with E-state index in [9.17, 15) is 9.59 Å². The van der Waals surface area contributed by atoms with E-state index in [2.05, 4.69) is 17.1 Å². The molecule has 0 atom stereocenters. The van der Waals surface area contributed by atoms with Crippen molar-refractivity contribution in [1.82, 2.24) is 9.88 Å². The number of pyridine rings is 1. The number of amides is 2. The molecule has 6 heteroatoms. The minimum atomic E-state index is -0.515. The van der Waals surface area contributed by atoms with E-state index in [0.29, 0.717) is 23.7 Å². The Morgan fingerprint density at radius 2 is 1.50 bits per heavy atom. The molecule has 0 saturated carbocycles. The number of benzene rings is 2. The van der Waals surface area contributed by atoms with Gasteiger partial charge in [-0.1, -0.05) is 72.4 Å². The van der Waals surface area contributed by atoms with Gasteiger partial charge in [0.1, 0.15) is 5.03 Å². The maximum Gasteiger partial charge on any atom is 0.251 e. The van der Waals surface area contributed by atoms with Crippen LogP contribution in [-0.4, -0.2) is 34.0 Å². The molecule has 1 heterocycles. The molecular weight excluding hydrogens is 418 g/mol. The number of primary amides is 1. The van der Waals surface area contributed by atoms with Gasteiger partial charge in [-0.25, -0.2) is 4.98 Å². The lowest BCUT2D eigenvalue weighted by atomic mass is 10.0. The summed E-state index contributed by atoms with van der Waals surface area (Å²) in [6.07, 6.45) is 0.775. The summed E-state index contributed by atoms with van der Waals surface area (Å²) in [6.45, 7) is 6.85. The van der Waals surface area contributed by atoms with E-state index in [1.54, 1.807) is 0 Å². The van der Waals surface area contributed by atoms with Gasteiger partial charge in [0.15, 0.2) is 0 Å². The summed E-state index contributed by atoms with van der Waals surface area (Å²) >= 11 is 1.28. The summed E-state index contributed by atoms with van der Waals surface area (Å²) in [5, 5.41) is 0.522. The molecule has 0 aliphatic carbocycles. The SMILES string of the molecule is Cc1nc(SCC(=O)N(CCc2ccccc2)Cc2ccccc2)c(C(N)=O)c(C)c1C. The lowest BCUT2D eigenvalue weighted by molar-refractivity contribution is -0.128. The molecule has 3 rings (SSSR count). The number of nitrogens with zero attached hydrogens (tertiary/aromatic N) is 2. The van der Waals surface area contributed by atoms with Crippen LogP contribution in [0.3, 0.4) is 0 Å². The van der Waals surface area contributed by atoms with Gasteiger partial charge in [0.2, 0.25) is 5.91 Å². The summed E-state index contributed by atoms with van der Waals surface area (Å²) in [6, 6.07) is 20.1. The monoisotopic (exact) mass is 447 g/mol. The molecule has 0 fully saturated rings. The highest BCUT2D eigenvalue weighted by Gasteiger charge is 2.20. The Balaban J connectivity index is 1.77. The Labute approximate surface area is 194 Å². The van der Waals surface area contributed by atoms with Crippen molar-refractivity contribution in [3.05, 3.63) is 94.2 Å². The molecule has 0 radical (unpaired) electrons. The first-order valence-electron chi connectivity index (χ1n) is 10.6. The molecule has 0 saturated heterocycles. The molecular formula is C26H29N3O2S. The van der Waals surface area contributed by atoms with Crippen molar-refractivity contribution in [3.63, 3.8) is 0 Å². The van der Waals surface area contributed by atoms with Crippen LogP contribution in [0.1, 0.15) is 38.3 Å². The summed E-state index contributed by atoms with van der Waals surface area (Å²) < 4.78 is 0. The highest BCUT2D eigenvalue weighted by atomic mass is 32.2. The lowest BCUT2D eigenvalue weighted by Gasteiger charge is -2.23. The van der Waals surface area contributed by atoms with Gasteiger partial charge >= 0.3 is 0 Å². The Morgan fingerprint density at radius 1 is 0.906 bits per heavy atom. The zero-order chi connectivity index (χ0) is 23.1. The van der Waals surface area contributed by atoms with Gasteiger partial charge < -0.3 is 10.6 Å². The van der Waals surface area contributed by atoms with Crippen molar-refractivity contribution in [2.24, 2.45) is 5.73 Å². The summed E-state index contributed by atoms with van der Waals surface area (Å²) in [4.78, 5) is 31.7. The second-order valence-electron chi connectivity index (χ2n) is 7.82. The summed E-state index contributed by atoms with van der Waals surface area (Å²) in [5.41, 5.74) is 10.9. The topological polar surface area (TPSA) is 76.3 Å². The van der Waals surface area contributed by atoms with Gasteiger partial charge in [0.05, 0.1) is 11.3 Å². The first kappa shape index (κ1) is 23.5. The molecule has 166 valence electrons. The third-order valence-electron chi connectivity index (χ3n) is 5.62. The number of hydrogen-bond acceptors (Lipinski definition) is 4. The average molecular weight is 448 g/mol. The predicted molar refractivity (Wildman–Crippen MR) is 130 cm³/mol. The van der Waals surface area contributed by atoms with E-state index in [0.717, 1.165) is 28.8 Å². The number of aryl methyl sites for hydroxylation is 1. The zero-order valence-electron chi connectivity index (χ0n) is 18.8. The predicted octanol–water partition coefficient (Wildman–Crippen LogP) is 4.47. The van der Waals surface area contributed by atoms with E-state index >= 15 is 0 Å². The van der Waals surface area contributed by atoms with Crippen LogP contribution in [0.15, 0.2) is 65.7 Å². The van der Waals surface area contributed by atoms with Gasteiger partial charge in [-0.2, -0.15) is 0 Å². The molecule has 0 aliphatic rings. The number of rotatable bonds is 9. The Morgan fingerprint density at radius 3 is 2.09 bits per heavy atom. The first-order valence-corrected chi connectivity index (χ1v) is 11.6. The Hall–Kier alpha value is -3.12. The molecule has 5 nitrogen and oxygen atoms in total. The van der Waals surface area contributed by atoms with Crippen molar-refractivity contribution in [2.75, 3.05) is 12.3 Å². The van der Waals surface area contributed by atoms with Crippen molar-refractivity contribution < 1.29 is 9.59 Å². The van der Waals surface area contributed by atoms with Crippen LogP contribution in [0.2, 0.25) is 0 Å². The Kier molecular flexibility index (Phi) is 8.06.